The van der Waals surface area contributed by atoms with Crippen molar-refractivity contribution in [3.05, 3.63) is 0 Å². The van der Waals surface area contributed by atoms with E-state index in [0.717, 1.165) is 70.7 Å². The molecule has 1 N–H and O–H groups in total. The lowest BCUT2D eigenvalue weighted by molar-refractivity contribution is -0.00522. The predicted molar refractivity (Wildman–Crippen MR) is 121 cm³/mol. The predicted octanol–water partition coefficient (Wildman–Crippen LogP) is 1.95. The van der Waals surface area contributed by atoms with E-state index < -0.39 is 0 Å². The molecule has 0 amide bonds. The van der Waals surface area contributed by atoms with Gasteiger partial charge < -0.3 is 24.8 Å². The number of aliphatic imine (C=N–C) groups is 1. The fourth-order valence-corrected chi connectivity index (χ4v) is 4.13. The zero-order valence-corrected chi connectivity index (χ0v) is 19.8. The van der Waals surface area contributed by atoms with Crippen molar-refractivity contribution in [3.63, 3.8) is 0 Å². The molecular weight excluding hydrogens is 441 g/mol. The van der Waals surface area contributed by atoms with Crippen molar-refractivity contribution in [2.45, 2.75) is 38.6 Å². The molecule has 0 aromatic rings. The summed E-state index contributed by atoms with van der Waals surface area (Å²) in [6, 6.07) is 0. The first kappa shape index (κ1) is 23.9. The summed E-state index contributed by atoms with van der Waals surface area (Å²) < 4.78 is 5.58. The Labute approximate surface area is 177 Å². The average Bonchev–Trinajstić information content (AvgIpc) is 3.09. The maximum Gasteiger partial charge on any atom is 0.193 e. The third kappa shape index (κ3) is 6.21. The number of hydrogen-bond donors (Lipinski definition) is 1. The van der Waals surface area contributed by atoms with Gasteiger partial charge >= 0.3 is 0 Å². The van der Waals surface area contributed by atoms with Gasteiger partial charge in [0.15, 0.2) is 5.96 Å². The number of hydrogen-bond acceptors (Lipinski definition) is 4. The van der Waals surface area contributed by atoms with E-state index in [-0.39, 0.29) is 29.5 Å². The Balaban J connectivity index is 0.00000338. The molecule has 0 radical (unpaired) electrons. The van der Waals surface area contributed by atoms with Gasteiger partial charge in [-0.05, 0) is 52.4 Å². The minimum Gasteiger partial charge on any atom is -0.381 e. The van der Waals surface area contributed by atoms with Gasteiger partial charge in [-0.2, -0.15) is 0 Å². The lowest BCUT2D eigenvalue weighted by Gasteiger charge is -2.43. The molecule has 154 valence electrons. The molecule has 0 aliphatic carbocycles. The SMILES string of the molecule is CCN(CC)CC1CCN(C(=NC)NCC2(N(C)C)CCOCC2)C1.I. The van der Waals surface area contributed by atoms with Crippen LogP contribution >= 0.6 is 24.0 Å². The largest absolute Gasteiger partial charge is 0.381 e. The Morgan fingerprint density at radius 3 is 2.42 bits per heavy atom. The number of ether oxygens (including phenoxy) is 1. The van der Waals surface area contributed by atoms with E-state index in [1.54, 1.807) is 0 Å². The fraction of sp³-hybridized carbons (Fsp3) is 0.947. The monoisotopic (exact) mass is 481 g/mol. The Hall–Kier alpha value is -0.120. The molecular formula is C19H40IN5O. The van der Waals surface area contributed by atoms with Crippen LogP contribution in [0.1, 0.15) is 33.1 Å². The van der Waals surface area contributed by atoms with Gasteiger partial charge in [-0.15, -0.1) is 24.0 Å². The molecule has 6 nitrogen and oxygen atoms in total. The molecule has 1 unspecified atom stereocenters. The number of nitrogens with zero attached hydrogens (tertiary/aromatic N) is 4. The molecule has 2 heterocycles. The van der Waals surface area contributed by atoms with Crippen LogP contribution < -0.4 is 5.32 Å². The van der Waals surface area contributed by atoms with E-state index in [0.29, 0.717) is 0 Å². The molecule has 0 saturated carbocycles. The van der Waals surface area contributed by atoms with Gasteiger partial charge in [0.1, 0.15) is 0 Å². The van der Waals surface area contributed by atoms with E-state index in [2.05, 4.69) is 53.0 Å². The minimum absolute atomic E-state index is 0. The summed E-state index contributed by atoms with van der Waals surface area (Å²) in [5.41, 5.74) is 0.175. The summed E-state index contributed by atoms with van der Waals surface area (Å²) in [7, 11) is 6.28. The van der Waals surface area contributed by atoms with Crippen LogP contribution in [0.4, 0.5) is 0 Å². The van der Waals surface area contributed by atoms with Crippen LogP contribution in [0.3, 0.4) is 0 Å². The van der Waals surface area contributed by atoms with Crippen molar-refractivity contribution in [2.75, 3.05) is 73.6 Å². The van der Waals surface area contributed by atoms with Gasteiger partial charge in [0.05, 0.1) is 0 Å². The lowest BCUT2D eigenvalue weighted by Crippen LogP contribution is -2.57. The topological polar surface area (TPSA) is 43.3 Å². The Bertz CT molecular complexity index is 422. The van der Waals surface area contributed by atoms with E-state index in [9.17, 15) is 0 Å². The lowest BCUT2D eigenvalue weighted by atomic mass is 9.88. The highest BCUT2D eigenvalue weighted by Crippen LogP contribution is 2.25. The molecule has 0 aromatic heterocycles. The van der Waals surface area contributed by atoms with Crippen LogP contribution in [0.15, 0.2) is 4.99 Å². The minimum atomic E-state index is 0. The first-order valence-corrected chi connectivity index (χ1v) is 9.97. The van der Waals surface area contributed by atoms with Crippen molar-refractivity contribution in [1.29, 1.82) is 0 Å². The first-order valence-electron chi connectivity index (χ1n) is 9.97. The molecule has 2 aliphatic heterocycles. The summed E-state index contributed by atoms with van der Waals surface area (Å²) >= 11 is 0. The first-order chi connectivity index (χ1) is 12.0. The average molecular weight is 481 g/mol. The Kier molecular flexibility index (Phi) is 10.7. The number of nitrogens with one attached hydrogen (secondary N) is 1. The van der Waals surface area contributed by atoms with Gasteiger partial charge in [-0.25, -0.2) is 0 Å². The smallest absolute Gasteiger partial charge is 0.193 e. The number of likely N-dealkylation sites (N-methyl/N-ethyl adjacent to an activating group) is 1. The molecule has 26 heavy (non-hydrogen) atoms. The molecule has 2 saturated heterocycles. The van der Waals surface area contributed by atoms with Gasteiger partial charge in [0.25, 0.3) is 0 Å². The molecule has 2 fully saturated rings. The third-order valence-corrected chi connectivity index (χ3v) is 6.16. The van der Waals surface area contributed by atoms with E-state index in [1.165, 1.54) is 13.0 Å². The molecule has 0 bridgehead atoms. The van der Waals surface area contributed by atoms with E-state index >= 15 is 0 Å². The molecule has 2 rings (SSSR count). The van der Waals surface area contributed by atoms with Crippen LogP contribution in [0.5, 0.6) is 0 Å². The van der Waals surface area contributed by atoms with Gasteiger partial charge in [0.2, 0.25) is 0 Å². The summed E-state index contributed by atoms with van der Waals surface area (Å²) in [6.07, 6.45) is 3.42. The normalized spacial score (nSPS) is 23.4. The number of rotatable bonds is 7. The van der Waals surface area contributed by atoms with Crippen molar-refractivity contribution >= 4 is 29.9 Å². The number of halogens is 1. The Morgan fingerprint density at radius 2 is 1.88 bits per heavy atom. The summed E-state index contributed by atoms with van der Waals surface area (Å²) in [4.78, 5) is 11.9. The van der Waals surface area contributed by atoms with Crippen LogP contribution in [-0.2, 0) is 4.74 Å². The quantitative estimate of drug-likeness (QED) is 0.342. The van der Waals surface area contributed by atoms with Crippen LogP contribution in [0.25, 0.3) is 0 Å². The summed E-state index contributed by atoms with van der Waals surface area (Å²) in [5, 5.41) is 3.67. The van der Waals surface area contributed by atoms with Crippen molar-refractivity contribution in [1.82, 2.24) is 20.0 Å². The number of guanidine groups is 1. The fourth-order valence-electron chi connectivity index (χ4n) is 4.13. The summed E-state index contributed by atoms with van der Waals surface area (Å²) in [5.74, 6) is 1.82. The van der Waals surface area contributed by atoms with Crippen molar-refractivity contribution in [2.24, 2.45) is 10.9 Å². The second-order valence-corrected chi connectivity index (χ2v) is 7.72. The molecule has 0 spiro atoms. The van der Waals surface area contributed by atoms with Crippen LogP contribution in [0, 0.1) is 5.92 Å². The van der Waals surface area contributed by atoms with Crippen molar-refractivity contribution in [3.8, 4) is 0 Å². The second kappa shape index (κ2) is 11.7. The van der Waals surface area contributed by atoms with E-state index in [4.69, 9.17) is 4.74 Å². The zero-order valence-electron chi connectivity index (χ0n) is 17.5. The second-order valence-electron chi connectivity index (χ2n) is 7.72. The van der Waals surface area contributed by atoms with Crippen molar-refractivity contribution < 1.29 is 4.74 Å². The molecule has 0 aromatic carbocycles. The highest BCUT2D eigenvalue weighted by molar-refractivity contribution is 14.0. The number of likely N-dealkylation sites (tertiary alicyclic amines) is 1. The summed E-state index contributed by atoms with van der Waals surface area (Å²) in [6.45, 7) is 12.9. The standard InChI is InChI=1S/C19H39N5O.HI/c1-6-23(7-2)14-17-8-11-24(15-17)18(20-3)21-16-19(22(4)5)9-12-25-13-10-19;/h17H,6-16H2,1-5H3,(H,20,21);1H. The highest BCUT2D eigenvalue weighted by atomic mass is 127. The zero-order chi connectivity index (χ0) is 18.3. The van der Waals surface area contributed by atoms with Gasteiger partial charge in [-0.3, -0.25) is 4.99 Å². The molecule has 1 atom stereocenters. The maximum atomic E-state index is 5.58. The molecule has 7 heteroatoms. The van der Waals surface area contributed by atoms with Gasteiger partial charge in [-0.1, -0.05) is 13.8 Å². The van der Waals surface area contributed by atoms with E-state index in [1.807, 2.05) is 7.05 Å². The van der Waals surface area contributed by atoms with Crippen LogP contribution in [0.2, 0.25) is 0 Å². The Morgan fingerprint density at radius 1 is 1.23 bits per heavy atom. The third-order valence-electron chi connectivity index (χ3n) is 6.16. The van der Waals surface area contributed by atoms with Gasteiger partial charge in [0, 0.05) is 52.0 Å². The maximum absolute atomic E-state index is 5.58. The molecule has 2 aliphatic rings. The van der Waals surface area contributed by atoms with Crippen LogP contribution in [-0.4, -0.2) is 99.8 Å². The highest BCUT2D eigenvalue weighted by Gasteiger charge is 2.35.